The summed E-state index contributed by atoms with van der Waals surface area (Å²) in [4.78, 5) is 15.2. The second-order valence-electron chi connectivity index (χ2n) is 2.80. The molecule has 6 heteroatoms. The standard InChI is InChI=1S/C9H7ClN4O/c10-6-2-1-3-7(4-6)13-9(15)8-11-5-12-14-8/h1-5H,(H,13,15)(H,11,12,14). The predicted molar refractivity (Wildman–Crippen MR) is 55.8 cm³/mol. The first-order valence-electron chi connectivity index (χ1n) is 4.18. The second kappa shape index (κ2) is 4.10. The van der Waals surface area contributed by atoms with Crippen LogP contribution in [0.2, 0.25) is 5.02 Å². The van der Waals surface area contributed by atoms with Crippen LogP contribution in [0.15, 0.2) is 30.6 Å². The van der Waals surface area contributed by atoms with E-state index in [0.717, 1.165) is 0 Å². The van der Waals surface area contributed by atoms with E-state index in [-0.39, 0.29) is 11.7 Å². The molecule has 15 heavy (non-hydrogen) atoms. The molecule has 2 aromatic rings. The second-order valence-corrected chi connectivity index (χ2v) is 3.23. The van der Waals surface area contributed by atoms with Crippen LogP contribution in [-0.4, -0.2) is 21.1 Å². The zero-order chi connectivity index (χ0) is 10.7. The summed E-state index contributed by atoms with van der Waals surface area (Å²) in [5.41, 5.74) is 0.615. The summed E-state index contributed by atoms with van der Waals surface area (Å²) < 4.78 is 0. The van der Waals surface area contributed by atoms with E-state index in [2.05, 4.69) is 20.5 Å². The highest BCUT2D eigenvalue weighted by Gasteiger charge is 2.08. The first kappa shape index (κ1) is 9.67. The third kappa shape index (κ3) is 2.32. The van der Waals surface area contributed by atoms with Crippen molar-refractivity contribution in [1.82, 2.24) is 15.2 Å². The number of benzene rings is 1. The van der Waals surface area contributed by atoms with Crippen LogP contribution in [0.1, 0.15) is 10.6 Å². The van der Waals surface area contributed by atoms with E-state index in [4.69, 9.17) is 11.6 Å². The van der Waals surface area contributed by atoms with E-state index in [0.29, 0.717) is 10.7 Å². The van der Waals surface area contributed by atoms with Crippen molar-refractivity contribution >= 4 is 23.2 Å². The first-order chi connectivity index (χ1) is 7.25. The lowest BCUT2D eigenvalue weighted by Crippen LogP contribution is -2.13. The molecule has 2 N–H and O–H groups in total. The van der Waals surface area contributed by atoms with Gasteiger partial charge >= 0.3 is 0 Å². The van der Waals surface area contributed by atoms with Gasteiger partial charge in [-0.2, -0.15) is 5.10 Å². The molecule has 0 radical (unpaired) electrons. The van der Waals surface area contributed by atoms with Crippen LogP contribution in [0.3, 0.4) is 0 Å². The summed E-state index contributed by atoms with van der Waals surface area (Å²) in [5.74, 6) is -0.190. The van der Waals surface area contributed by atoms with Gasteiger partial charge < -0.3 is 5.32 Å². The van der Waals surface area contributed by atoms with Gasteiger partial charge in [-0.3, -0.25) is 9.89 Å². The van der Waals surface area contributed by atoms with Gasteiger partial charge in [0.15, 0.2) is 0 Å². The third-order valence-electron chi connectivity index (χ3n) is 1.71. The number of hydrogen-bond acceptors (Lipinski definition) is 3. The monoisotopic (exact) mass is 222 g/mol. The number of carbonyl (C=O) groups excluding carboxylic acids is 1. The van der Waals surface area contributed by atoms with Crippen LogP contribution < -0.4 is 5.32 Å². The number of aromatic nitrogens is 3. The maximum absolute atomic E-state index is 11.5. The number of nitrogens with zero attached hydrogens (tertiary/aromatic N) is 2. The number of halogens is 1. The van der Waals surface area contributed by atoms with Crippen molar-refractivity contribution in [3.05, 3.63) is 41.4 Å². The Hall–Kier alpha value is -1.88. The molecule has 5 nitrogen and oxygen atoms in total. The molecule has 0 aliphatic rings. The van der Waals surface area contributed by atoms with Crippen LogP contribution >= 0.6 is 11.6 Å². The van der Waals surface area contributed by atoms with E-state index in [1.807, 2.05) is 0 Å². The molecule has 0 aliphatic carbocycles. The van der Waals surface area contributed by atoms with E-state index < -0.39 is 0 Å². The maximum Gasteiger partial charge on any atom is 0.292 e. The number of amides is 1. The Balaban J connectivity index is 2.13. The molecule has 0 saturated carbocycles. The van der Waals surface area contributed by atoms with Gasteiger partial charge in [0.2, 0.25) is 5.82 Å². The third-order valence-corrected chi connectivity index (χ3v) is 1.95. The molecule has 2 rings (SSSR count). The van der Waals surface area contributed by atoms with E-state index in [1.54, 1.807) is 24.3 Å². The van der Waals surface area contributed by atoms with Crippen LogP contribution in [-0.2, 0) is 0 Å². The molecule has 0 aliphatic heterocycles. The predicted octanol–water partition coefficient (Wildman–Crippen LogP) is 1.71. The van der Waals surface area contributed by atoms with E-state index in [9.17, 15) is 4.79 Å². The highest BCUT2D eigenvalue weighted by atomic mass is 35.5. The summed E-state index contributed by atoms with van der Waals surface area (Å²) in [6.45, 7) is 0. The molecule has 1 heterocycles. The lowest BCUT2D eigenvalue weighted by atomic mass is 10.3. The fourth-order valence-corrected chi connectivity index (χ4v) is 1.26. The summed E-state index contributed by atoms with van der Waals surface area (Å²) in [6, 6.07) is 6.86. The molecule has 0 bridgehead atoms. The van der Waals surface area contributed by atoms with Gasteiger partial charge in [-0.15, -0.1) is 0 Å². The highest BCUT2D eigenvalue weighted by Crippen LogP contribution is 2.15. The molecule has 1 aromatic heterocycles. The van der Waals surface area contributed by atoms with Gasteiger partial charge in [-0.25, -0.2) is 4.98 Å². The molecule has 0 atom stereocenters. The highest BCUT2D eigenvalue weighted by molar-refractivity contribution is 6.30. The Bertz CT molecular complexity index is 469. The number of nitrogens with one attached hydrogen (secondary N) is 2. The maximum atomic E-state index is 11.5. The molecule has 1 aromatic carbocycles. The number of rotatable bonds is 2. The van der Waals surface area contributed by atoms with Crippen molar-refractivity contribution in [3.63, 3.8) is 0 Å². The lowest BCUT2D eigenvalue weighted by Gasteiger charge is -2.02. The van der Waals surface area contributed by atoms with Crippen molar-refractivity contribution in [1.29, 1.82) is 0 Å². The first-order valence-corrected chi connectivity index (χ1v) is 4.56. The van der Waals surface area contributed by atoms with Gasteiger partial charge in [0, 0.05) is 10.7 Å². The summed E-state index contributed by atoms with van der Waals surface area (Å²) in [5, 5.41) is 9.23. The molecule has 0 fully saturated rings. The Kier molecular flexibility index (Phi) is 2.64. The van der Waals surface area contributed by atoms with Crippen LogP contribution in [0.25, 0.3) is 0 Å². The minimum atomic E-state index is -0.352. The number of anilines is 1. The van der Waals surface area contributed by atoms with E-state index >= 15 is 0 Å². The largest absolute Gasteiger partial charge is 0.319 e. The van der Waals surface area contributed by atoms with Crippen molar-refractivity contribution in [2.45, 2.75) is 0 Å². The summed E-state index contributed by atoms with van der Waals surface area (Å²) in [7, 11) is 0. The topological polar surface area (TPSA) is 70.7 Å². The molecule has 76 valence electrons. The van der Waals surface area contributed by atoms with Crippen molar-refractivity contribution in [2.75, 3.05) is 5.32 Å². The molecule has 0 unspecified atom stereocenters. The smallest absolute Gasteiger partial charge is 0.292 e. The Labute approximate surface area is 90.5 Å². The summed E-state index contributed by atoms with van der Waals surface area (Å²) in [6.07, 6.45) is 1.27. The van der Waals surface area contributed by atoms with Crippen molar-refractivity contribution in [3.8, 4) is 0 Å². The average molecular weight is 223 g/mol. The van der Waals surface area contributed by atoms with Gasteiger partial charge in [0.25, 0.3) is 5.91 Å². The minimum Gasteiger partial charge on any atom is -0.319 e. The van der Waals surface area contributed by atoms with Gasteiger partial charge in [-0.05, 0) is 18.2 Å². The Morgan fingerprint density at radius 2 is 2.33 bits per heavy atom. The van der Waals surface area contributed by atoms with Crippen LogP contribution in [0.5, 0.6) is 0 Å². The fourth-order valence-electron chi connectivity index (χ4n) is 1.07. The van der Waals surface area contributed by atoms with Crippen molar-refractivity contribution in [2.24, 2.45) is 0 Å². The van der Waals surface area contributed by atoms with E-state index in [1.165, 1.54) is 6.33 Å². The normalized spacial score (nSPS) is 9.93. The Morgan fingerprint density at radius 3 is 3.00 bits per heavy atom. The molecule has 1 amide bonds. The lowest BCUT2D eigenvalue weighted by molar-refractivity contribution is 0.101. The number of aromatic amines is 1. The van der Waals surface area contributed by atoms with Crippen LogP contribution in [0, 0.1) is 0 Å². The number of carbonyl (C=O) groups is 1. The van der Waals surface area contributed by atoms with Gasteiger partial charge in [0.1, 0.15) is 6.33 Å². The van der Waals surface area contributed by atoms with Crippen LogP contribution in [0.4, 0.5) is 5.69 Å². The summed E-state index contributed by atoms with van der Waals surface area (Å²) >= 11 is 5.77. The molecular formula is C9H7ClN4O. The van der Waals surface area contributed by atoms with Crippen molar-refractivity contribution < 1.29 is 4.79 Å². The average Bonchev–Trinajstić information content (AvgIpc) is 2.70. The fraction of sp³-hybridized carbons (Fsp3) is 0. The van der Waals surface area contributed by atoms with Gasteiger partial charge in [-0.1, -0.05) is 17.7 Å². The SMILES string of the molecule is O=C(Nc1cccc(Cl)c1)c1ncn[nH]1. The number of H-pyrrole nitrogens is 1. The molecule has 0 spiro atoms. The Morgan fingerprint density at radius 1 is 1.47 bits per heavy atom. The number of hydrogen-bond donors (Lipinski definition) is 2. The zero-order valence-electron chi connectivity index (χ0n) is 7.57. The zero-order valence-corrected chi connectivity index (χ0v) is 8.32. The molecule has 0 saturated heterocycles. The minimum absolute atomic E-state index is 0.162. The quantitative estimate of drug-likeness (QED) is 0.813. The van der Waals surface area contributed by atoms with Gasteiger partial charge in [0.05, 0.1) is 0 Å². The molecular weight excluding hydrogens is 216 g/mol.